The number of carbonyl (C=O) groups is 3. The second-order valence-electron chi connectivity index (χ2n) is 7.33. The molecule has 0 N–H and O–H groups in total. The monoisotopic (exact) mass is 447 g/mol. The van der Waals surface area contributed by atoms with Gasteiger partial charge in [0, 0.05) is 38.1 Å². The molecule has 1 aliphatic rings. The fraction of sp³-hybridized carbons (Fsp3) is 0.160. The topological polar surface area (TPSA) is 91.4 Å². The van der Waals surface area contributed by atoms with Crippen molar-refractivity contribution < 1.29 is 33.3 Å². The molecule has 0 radical (unpaired) electrons. The number of hydrogen-bond acceptors (Lipinski definition) is 8. The van der Waals surface area contributed by atoms with Crippen LogP contribution in [0.3, 0.4) is 0 Å². The largest absolute Gasteiger partial charge is 0.445 e. The average molecular weight is 447 g/mol. The van der Waals surface area contributed by atoms with Gasteiger partial charge in [0.25, 0.3) is 0 Å². The molecule has 0 aliphatic carbocycles. The van der Waals surface area contributed by atoms with E-state index in [1.165, 1.54) is 26.8 Å². The minimum atomic E-state index is -0.580. The van der Waals surface area contributed by atoms with Crippen molar-refractivity contribution in [3.05, 3.63) is 60.2 Å². The maximum Gasteiger partial charge on any atom is 0.308 e. The number of anilines is 3. The molecule has 0 saturated heterocycles. The number of rotatable bonds is 4. The van der Waals surface area contributed by atoms with Gasteiger partial charge in [0.2, 0.25) is 0 Å². The van der Waals surface area contributed by atoms with Crippen molar-refractivity contribution in [3.63, 3.8) is 0 Å². The minimum Gasteiger partial charge on any atom is -0.445 e. The third kappa shape index (κ3) is 4.23. The number of benzene rings is 3. The molecule has 0 fully saturated rings. The van der Waals surface area contributed by atoms with Gasteiger partial charge in [-0.25, -0.2) is 0 Å². The van der Waals surface area contributed by atoms with Gasteiger partial charge in [0.1, 0.15) is 5.75 Å². The SMILES string of the molecule is CC(=O)Oc1cc(OC(C)=O)c2c(c1C)N(c1ccccc1)c1cccc(OC(C)=O)c1O2. The van der Waals surface area contributed by atoms with Crippen LogP contribution in [0.4, 0.5) is 17.1 Å². The van der Waals surface area contributed by atoms with Crippen molar-refractivity contribution >= 4 is 35.0 Å². The van der Waals surface area contributed by atoms with Crippen LogP contribution in [-0.2, 0) is 14.4 Å². The van der Waals surface area contributed by atoms with E-state index in [1.807, 2.05) is 41.3 Å². The van der Waals surface area contributed by atoms with Crippen LogP contribution in [-0.4, -0.2) is 17.9 Å². The lowest BCUT2D eigenvalue weighted by molar-refractivity contribution is -0.133. The molecule has 3 aromatic rings. The Morgan fingerprint density at radius 2 is 1.33 bits per heavy atom. The van der Waals surface area contributed by atoms with Gasteiger partial charge in [-0.2, -0.15) is 0 Å². The zero-order chi connectivity index (χ0) is 23.7. The van der Waals surface area contributed by atoms with Crippen LogP contribution < -0.4 is 23.8 Å². The van der Waals surface area contributed by atoms with Gasteiger partial charge in [0.05, 0.1) is 11.4 Å². The Balaban J connectivity index is 2.04. The van der Waals surface area contributed by atoms with Crippen LogP contribution in [0.2, 0.25) is 0 Å². The van der Waals surface area contributed by atoms with Crippen LogP contribution >= 0.6 is 0 Å². The Morgan fingerprint density at radius 1 is 0.727 bits per heavy atom. The molecule has 0 atom stereocenters. The molecule has 0 amide bonds. The van der Waals surface area contributed by atoms with E-state index in [0.717, 1.165) is 5.69 Å². The molecule has 8 heteroatoms. The van der Waals surface area contributed by atoms with E-state index in [2.05, 4.69) is 0 Å². The summed E-state index contributed by atoms with van der Waals surface area (Å²) in [4.78, 5) is 37.2. The van der Waals surface area contributed by atoms with E-state index < -0.39 is 17.9 Å². The predicted octanol–water partition coefficient (Wildman–Crippen LogP) is 5.35. The smallest absolute Gasteiger partial charge is 0.308 e. The third-order valence-electron chi connectivity index (χ3n) is 4.83. The first kappa shape index (κ1) is 21.9. The van der Waals surface area contributed by atoms with Crippen LogP contribution in [0, 0.1) is 6.92 Å². The standard InChI is InChI=1S/C25H21NO7/c1-14-21(31-16(3)28)13-22(32-17(4)29)25-23(14)26(18-9-6-5-7-10-18)19-11-8-12-20(24(19)33-25)30-15(2)27/h5-13H,1-4H3. The Labute approximate surface area is 190 Å². The molecule has 33 heavy (non-hydrogen) atoms. The number of ether oxygens (including phenoxy) is 4. The first-order valence-corrected chi connectivity index (χ1v) is 10.1. The predicted molar refractivity (Wildman–Crippen MR) is 120 cm³/mol. The first-order chi connectivity index (χ1) is 15.8. The van der Waals surface area contributed by atoms with Gasteiger partial charge in [-0.15, -0.1) is 0 Å². The number of esters is 3. The molecule has 0 unspecified atom stereocenters. The van der Waals surface area contributed by atoms with Crippen molar-refractivity contribution in [2.24, 2.45) is 0 Å². The molecule has 4 rings (SSSR count). The average Bonchev–Trinajstić information content (AvgIpc) is 2.75. The lowest BCUT2D eigenvalue weighted by atomic mass is 10.0. The summed E-state index contributed by atoms with van der Waals surface area (Å²) in [6.45, 7) is 5.62. The van der Waals surface area contributed by atoms with Gasteiger partial charge in [-0.05, 0) is 31.2 Å². The van der Waals surface area contributed by atoms with Crippen molar-refractivity contribution in [2.45, 2.75) is 27.7 Å². The van der Waals surface area contributed by atoms with Crippen LogP contribution in [0.25, 0.3) is 0 Å². The van der Waals surface area contributed by atoms with E-state index in [9.17, 15) is 14.4 Å². The number of para-hydroxylation sites is 2. The molecule has 3 aromatic carbocycles. The summed E-state index contributed by atoms with van der Waals surface area (Å²) < 4.78 is 22.4. The highest BCUT2D eigenvalue weighted by Crippen LogP contribution is 2.59. The van der Waals surface area contributed by atoms with Gasteiger partial charge in [0.15, 0.2) is 23.0 Å². The zero-order valence-corrected chi connectivity index (χ0v) is 18.5. The summed E-state index contributed by atoms with van der Waals surface area (Å²) >= 11 is 0. The Morgan fingerprint density at radius 3 is 1.97 bits per heavy atom. The fourth-order valence-corrected chi connectivity index (χ4v) is 3.64. The summed E-state index contributed by atoms with van der Waals surface area (Å²) in [5.74, 6) is -0.624. The highest BCUT2D eigenvalue weighted by molar-refractivity contribution is 5.93. The molecule has 0 bridgehead atoms. The molecule has 0 spiro atoms. The Kier molecular flexibility index (Phi) is 5.74. The van der Waals surface area contributed by atoms with Crippen molar-refractivity contribution in [2.75, 3.05) is 4.90 Å². The van der Waals surface area contributed by atoms with E-state index >= 15 is 0 Å². The molecular weight excluding hydrogens is 426 g/mol. The van der Waals surface area contributed by atoms with Crippen molar-refractivity contribution in [1.29, 1.82) is 0 Å². The number of hydrogen-bond donors (Lipinski definition) is 0. The summed E-state index contributed by atoms with van der Waals surface area (Å²) in [5.41, 5.74) is 2.46. The fourth-order valence-electron chi connectivity index (χ4n) is 3.64. The maximum absolute atomic E-state index is 11.9. The Bertz CT molecular complexity index is 1270. The van der Waals surface area contributed by atoms with Crippen LogP contribution in [0.5, 0.6) is 28.7 Å². The molecule has 0 aromatic heterocycles. The first-order valence-electron chi connectivity index (χ1n) is 10.1. The molecule has 1 heterocycles. The molecular formula is C25H21NO7. The second-order valence-corrected chi connectivity index (χ2v) is 7.33. The Hall–Kier alpha value is -4.33. The van der Waals surface area contributed by atoms with E-state index in [4.69, 9.17) is 18.9 Å². The summed E-state index contributed by atoms with van der Waals surface area (Å²) in [7, 11) is 0. The van der Waals surface area contributed by atoms with Gasteiger partial charge in [-0.1, -0.05) is 24.3 Å². The number of fused-ring (bicyclic) bond motifs is 2. The number of nitrogens with zero attached hydrogens (tertiary/aromatic N) is 1. The molecule has 1 aliphatic heterocycles. The zero-order valence-electron chi connectivity index (χ0n) is 18.5. The van der Waals surface area contributed by atoms with E-state index in [-0.39, 0.29) is 28.7 Å². The summed E-state index contributed by atoms with van der Waals surface area (Å²) in [5, 5.41) is 0. The van der Waals surface area contributed by atoms with Gasteiger partial charge >= 0.3 is 17.9 Å². The van der Waals surface area contributed by atoms with E-state index in [0.29, 0.717) is 16.9 Å². The third-order valence-corrected chi connectivity index (χ3v) is 4.83. The molecule has 168 valence electrons. The highest BCUT2D eigenvalue weighted by atomic mass is 16.6. The lowest BCUT2D eigenvalue weighted by Gasteiger charge is -2.35. The van der Waals surface area contributed by atoms with E-state index in [1.54, 1.807) is 19.1 Å². The van der Waals surface area contributed by atoms with Gasteiger partial charge in [-0.3, -0.25) is 14.4 Å². The lowest BCUT2D eigenvalue weighted by Crippen LogP contribution is -2.20. The maximum atomic E-state index is 11.9. The summed E-state index contributed by atoms with van der Waals surface area (Å²) in [6.07, 6.45) is 0. The van der Waals surface area contributed by atoms with Crippen molar-refractivity contribution in [3.8, 4) is 28.7 Å². The van der Waals surface area contributed by atoms with Crippen LogP contribution in [0.1, 0.15) is 26.3 Å². The molecule has 0 saturated carbocycles. The quantitative estimate of drug-likeness (QED) is 0.306. The van der Waals surface area contributed by atoms with Crippen molar-refractivity contribution in [1.82, 2.24) is 0 Å². The summed E-state index contributed by atoms with van der Waals surface area (Å²) in [6, 6.07) is 16.0. The van der Waals surface area contributed by atoms with Crippen LogP contribution in [0.15, 0.2) is 54.6 Å². The van der Waals surface area contributed by atoms with Gasteiger partial charge < -0.3 is 23.8 Å². The second kappa shape index (κ2) is 8.66. The highest BCUT2D eigenvalue weighted by Gasteiger charge is 2.34. The number of carbonyl (C=O) groups excluding carboxylic acids is 3. The minimum absolute atomic E-state index is 0.0589. The molecule has 8 nitrogen and oxygen atoms in total. The normalized spacial score (nSPS) is 11.6.